The minimum atomic E-state index is -0.121. The van der Waals surface area contributed by atoms with Crippen LogP contribution in [0.1, 0.15) is 18.4 Å². The van der Waals surface area contributed by atoms with Crippen LogP contribution < -0.4 is 5.32 Å². The smallest absolute Gasteiger partial charge is 0.126 e. The van der Waals surface area contributed by atoms with E-state index >= 15 is 0 Å². The van der Waals surface area contributed by atoms with Gasteiger partial charge < -0.3 is 5.32 Å². The van der Waals surface area contributed by atoms with E-state index in [0.29, 0.717) is 0 Å². The molecule has 0 heterocycles. The molecule has 14 heavy (non-hydrogen) atoms. The first-order valence-electron chi connectivity index (χ1n) is 4.88. The van der Waals surface area contributed by atoms with Gasteiger partial charge in [0.2, 0.25) is 0 Å². The minimum Gasteiger partial charge on any atom is -0.305 e. The SMILES string of the molecule is Cc1cc(SCNC2CC2)ccc1F. The zero-order chi connectivity index (χ0) is 9.97. The van der Waals surface area contributed by atoms with Crippen LogP contribution in [0.15, 0.2) is 23.1 Å². The van der Waals surface area contributed by atoms with Crippen molar-refractivity contribution in [1.82, 2.24) is 5.32 Å². The second-order valence-corrected chi connectivity index (χ2v) is 4.73. The molecule has 76 valence electrons. The molecule has 0 amide bonds. The lowest BCUT2D eigenvalue weighted by atomic mass is 10.2. The minimum absolute atomic E-state index is 0.121. The Morgan fingerprint density at radius 2 is 2.29 bits per heavy atom. The molecule has 0 bridgehead atoms. The first kappa shape index (κ1) is 9.99. The molecule has 0 aliphatic heterocycles. The maximum absolute atomic E-state index is 12.9. The molecule has 1 aromatic carbocycles. The van der Waals surface area contributed by atoms with Crippen LogP contribution in [0.5, 0.6) is 0 Å². The standard InChI is InChI=1S/C11H14FNS/c1-8-6-10(4-5-11(8)12)14-7-13-9-2-3-9/h4-6,9,13H,2-3,7H2,1H3. The van der Waals surface area contributed by atoms with Crippen LogP contribution in [-0.2, 0) is 0 Å². The number of thioether (sulfide) groups is 1. The number of hydrogen-bond donors (Lipinski definition) is 1. The lowest BCUT2D eigenvalue weighted by Gasteiger charge is -2.04. The highest BCUT2D eigenvalue weighted by atomic mass is 32.2. The lowest BCUT2D eigenvalue weighted by molar-refractivity contribution is 0.617. The predicted octanol–water partition coefficient (Wildman–Crippen LogP) is 2.94. The molecule has 0 radical (unpaired) electrons. The number of nitrogens with one attached hydrogen (secondary N) is 1. The van der Waals surface area contributed by atoms with Gasteiger partial charge in [-0.15, -0.1) is 11.8 Å². The van der Waals surface area contributed by atoms with Gasteiger partial charge in [0.1, 0.15) is 5.82 Å². The number of rotatable bonds is 4. The van der Waals surface area contributed by atoms with Crippen molar-refractivity contribution in [3.63, 3.8) is 0 Å². The number of halogens is 1. The molecule has 0 saturated heterocycles. The zero-order valence-corrected chi connectivity index (χ0v) is 9.03. The van der Waals surface area contributed by atoms with Gasteiger partial charge in [0.15, 0.2) is 0 Å². The fourth-order valence-electron chi connectivity index (χ4n) is 1.24. The third-order valence-corrected chi connectivity index (χ3v) is 3.22. The fraction of sp³-hybridized carbons (Fsp3) is 0.455. The summed E-state index contributed by atoms with van der Waals surface area (Å²) in [5, 5.41) is 3.41. The van der Waals surface area contributed by atoms with E-state index in [1.165, 1.54) is 18.9 Å². The Morgan fingerprint density at radius 1 is 1.50 bits per heavy atom. The summed E-state index contributed by atoms with van der Waals surface area (Å²) in [5.41, 5.74) is 0.724. The Labute approximate surface area is 88.1 Å². The first-order chi connectivity index (χ1) is 6.75. The topological polar surface area (TPSA) is 12.0 Å². The first-order valence-corrected chi connectivity index (χ1v) is 5.86. The highest BCUT2D eigenvalue weighted by Crippen LogP contribution is 2.23. The third kappa shape index (κ3) is 2.72. The van der Waals surface area contributed by atoms with Gasteiger partial charge in [-0.05, 0) is 43.5 Å². The van der Waals surface area contributed by atoms with E-state index in [2.05, 4.69) is 5.32 Å². The number of hydrogen-bond acceptors (Lipinski definition) is 2. The van der Waals surface area contributed by atoms with Crippen LogP contribution in [0.3, 0.4) is 0 Å². The van der Waals surface area contributed by atoms with Crippen molar-refractivity contribution in [2.24, 2.45) is 0 Å². The molecule has 1 fully saturated rings. The van der Waals surface area contributed by atoms with Crippen molar-refractivity contribution < 1.29 is 4.39 Å². The molecule has 1 aliphatic rings. The summed E-state index contributed by atoms with van der Waals surface area (Å²) < 4.78 is 12.9. The van der Waals surface area contributed by atoms with Crippen LogP contribution >= 0.6 is 11.8 Å². The maximum Gasteiger partial charge on any atom is 0.126 e. The van der Waals surface area contributed by atoms with E-state index < -0.39 is 0 Å². The largest absolute Gasteiger partial charge is 0.305 e. The van der Waals surface area contributed by atoms with Crippen LogP contribution in [0.2, 0.25) is 0 Å². The molecule has 1 N–H and O–H groups in total. The average molecular weight is 211 g/mol. The van der Waals surface area contributed by atoms with Gasteiger partial charge >= 0.3 is 0 Å². The van der Waals surface area contributed by atoms with Gasteiger partial charge in [0, 0.05) is 16.8 Å². The molecular formula is C11H14FNS. The summed E-state index contributed by atoms with van der Waals surface area (Å²) in [6.45, 7) is 1.80. The molecule has 2 rings (SSSR count). The summed E-state index contributed by atoms with van der Waals surface area (Å²) in [4.78, 5) is 1.14. The molecule has 0 atom stereocenters. The molecule has 0 spiro atoms. The molecule has 1 aliphatic carbocycles. The summed E-state index contributed by atoms with van der Waals surface area (Å²) in [6, 6.07) is 6.01. The average Bonchev–Trinajstić information content (AvgIpc) is 2.95. The van der Waals surface area contributed by atoms with Crippen LogP contribution in [0.25, 0.3) is 0 Å². The van der Waals surface area contributed by atoms with E-state index in [-0.39, 0.29) is 5.82 Å². The second-order valence-electron chi connectivity index (χ2n) is 3.68. The normalized spacial score (nSPS) is 15.9. The Bertz CT molecular complexity index is 323. The molecule has 1 aromatic rings. The van der Waals surface area contributed by atoms with E-state index in [1.54, 1.807) is 18.7 Å². The fourth-order valence-corrected chi connectivity index (χ4v) is 2.15. The van der Waals surface area contributed by atoms with Gasteiger partial charge in [-0.2, -0.15) is 0 Å². The van der Waals surface area contributed by atoms with E-state index in [4.69, 9.17) is 0 Å². The van der Waals surface area contributed by atoms with Crippen molar-refractivity contribution in [1.29, 1.82) is 0 Å². The Kier molecular flexibility index (Phi) is 3.08. The zero-order valence-electron chi connectivity index (χ0n) is 8.22. The Balaban J connectivity index is 1.85. The van der Waals surface area contributed by atoms with Gasteiger partial charge in [-0.1, -0.05) is 0 Å². The van der Waals surface area contributed by atoms with Crippen molar-refractivity contribution in [2.45, 2.75) is 30.7 Å². The van der Waals surface area contributed by atoms with Crippen molar-refractivity contribution in [3.8, 4) is 0 Å². The number of benzene rings is 1. The quantitative estimate of drug-likeness (QED) is 0.607. The highest BCUT2D eigenvalue weighted by Gasteiger charge is 2.19. The predicted molar refractivity (Wildman–Crippen MR) is 58.0 cm³/mol. The summed E-state index contributed by atoms with van der Waals surface area (Å²) in [5.74, 6) is 0.805. The molecule has 1 saturated carbocycles. The third-order valence-electron chi connectivity index (χ3n) is 2.32. The molecule has 0 unspecified atom stereocenters. The van der Waals surface area contributed by atoms with Crippen LogP contribution in [0, 0.1) is 12.7 Å². The van der Waals surface area contributed by atoms with E-state index in [0.717, 1.165) is 22.4 Å². The van der Waals surface area contributed by atoms with Crippen LogP contribution in [0.4, 0.5) is 4.39 Å². The Hall–Kier alpha value is -0.540. The summed E-state index contributed by atoms with van der Waals surface area (Å²) in [7, 11) is 0. The maximum atomic E-state index is 12.9. The summed E-state index contributed by atoms with van der Waals surface area (Å²) >= 11 is 1.73. The van der Waals surface area contributed by atoms with Gasteiger partial charge in [-0.3, -0.25) is 0 Å². The lowest BCUT2D eigenvalue weighted by Crippen LogP contribution is -2.14. The summed E-state index contributed by atoms with van der Waals surface area (Å²) in [6.07, 6.45) is 2.62. The molecule has 0 aromatic heterocycles. The number of aryl methyl sites for hydroxylation is 1. The van der Waals surface area contributed by atoms with Gasteiger partial charge in [-0.25, -0.2) is 4.39 Å². The van der Waals surface area contributed by atoms with Crippen molar-refractivity contribution in [3.05, 3.63) is 29.6 Å². The second kappa shape index (κ2) is 4.32. The van der Waals surface area contributed by atoms with Gasteiger partial charge in [0.25, 0.3) is 0 Å². The van der Waals surface area contributed by atoms with E-state index in [9.17, 15) is 4.39 Å². The van der Waals surface area contributed by atoms with E-state index in [1.807, 2.05) is 12.1 Å². The Morgan fingerprint density at radius 3 is 2.93 bits per heavy atom. The van der Waals surface area contributed by atoms with Crippen LogP contribution in [-0.4, -0.2) is 11.9 Å². The molecular weight excluding hydrogens is 197 g/mol. The monoisotopic (exact) mass is 211 g/mol. The van der Waals surface area contributed by atoms with Crippen molar-refractivity contribution >= 4 is 11.8 Å². The molecule has 3 heteroatoms. The van der Waals surface area contributed by atoms with Gasteiger partial charge in [0.05, 0.1) is 0 Å². The highest BCUT2D eigenvalue weighted by molar-refractivity contribution is 7.99. The van der Waals surface area contributed by atoms with Crippen molar-refractivity contribution in [2.75, 3.05) is 5.88 Å². The molecule has 1 nitrogen and oxygen atoms in total.